The number of hydrogen-bond acceptors (Lipinski definition) is 5. The van der Waals surface area contributed by atoms with E-state index in [9.17, 15) is 13.0 Å². The van der Waals surface area contributed by atoms with Crippen molar-refractivity contribution in [3.8, 4) is 11.1 Å². The molecule has 0 aliphatic rings. The fraction of sp³-hybridized carbons (Fsp3) is 0.0435. The molecule has 3 N–H and O–H groups in total. The van der Waals surface area contributed by atoms with Crippen LogP contribution in [0, 0.1) is 6.92 Å². The molecule has 6 nitrogen and oxygen atoms in total. The van der Waals surface area contributed by atoms with Gasteiger partial charge in [0.2, 0.25) is 0 Å². The topological polar surface area (TPSA) is 105 Å². The van der Waals surface area contributed by atoms with Gasteiger partial charge in [-0.2, -0.15) is 13.5 Å². The van der Waals surface area contributed by atoms with Crippen molar-refractivity contribution in [2.24, 2.45) is 10.2 Å². The molecule has 0 radical (unpaired) electrons. The Morgan fingerprint density at radius 2 is 1.35 bits per heavy atom. The van der Waals surface area contributed by atoms with Gasteiger partial charge < -0.3 is 5.73 Å². The molecule has 0 saturated carbocycles. The van der Waals surface area contributed by atoms with Crippen molar-refractivity contribution in [2.45, 2.75) is 11.8 Å². The molecular formula is C23H20N3NaO3S. The summed E-state index contributed by atoms with van der Waals surface area (Å²) >= 11 is 0. The Morgan fingerprint density at radius 3 is 1.94 bits per heavy atom. The summed E-state index contributed by atoms with van der Waals surface area (Å²) in [4.78, 5) is -0.254. The Morgan fingerprint density at radius 1 is 0.806 bits per heavy atom. The second-order valence-corrected chi connectivity index (χ2v) is 8.33. The van der Waals surface area contributed by atoms with Gasteiger partial charge in [-0.1, -0.05) is 66.2 Å². The molecule has 0 unspecified atom stereocenters. The second-order valence-electron chi connectivity index (χ2n) is 6.94. The Bertz CT molecular complexity index is 1370. The quantitative estimate of drug-likeness (QED) is 0.191. The molecule has 4 aromatic carbocycles. The first-order chi connectivity index (χ1) is 14.3. The maximum absolute atomic E-state index is 11.8. The van der Waals surface area contributed by atoms with Crippen LogP contribution in [0.5, 0.6) is 0 Å². The van der Waals surface area contributed by atoms with Crippen LogP contribution in [-0.4, -0.2) is 42.5 Å². The zero-order valence-electron chi connectivity index (χ0n) is 16.1. The van der Waals surface area contributed by atoms with Crippen LogP contribution in [0.2, 0.25) is 0 Å². The van der Waals surface area contributed by atoms with Crippen molar-refractivity contribution in [3.05, 3.63) is 84.4 Å². The molecule has 0 atom stereocenters. The van der Waals surface area contributed by atoms with Crippen LogP contribution < -0.4 is 5.73 Å². The van der Waals surface area contributed by atoms with E-state index >= 15 is 0 Å². The van der Waals surface area contributed by atoms with E-state index < -0.39 is 10.1 Å². The number of anilines is 1. The van der Waals surface area contributed by atoms with Gasteiger partial charge in [-0.25, -0.2) is 0 Å². The van der Waals surface area contributed by atoms with E-state index in [2.05, 4.69) is 34.5 Å². The van der Waals surface area contributed by atoms with Gasteiger partial charge in [0.25, 0.3) is 10.1 Å². The Labute approximate surface area is 202 Å². The molecule has 0 aromatic heterocycles. The number of benzene rings is 4. The van der Waals surface area contributed by atoms with Gasteiger partial charge in [0.1, 0.15) is 10.6 Å². The average molecular weight is 441 g/mol. The van der Waals surface area contributed by atoms with Crippen molar-refractivity contribution < 1.29 is 13.0 Å². The van der Waals surface area contributed by atoms with Crippen molar-refractivity contribution in [3.63, 3.8) is 0 Å². The SMILES string of the molecule is Cc1ccc(-c2ccc(N=Nc3cc(S(=O)(=O)O)c4ccccc4c3N)cc2)cc1.[NaH]. The first kappa shape index (κ1) is 23.1. The first-order valence-corrected chi connectivity index (χ1v) is 10.6. The summed E-state index contributed by atoms with van der Waals surface area (Å²) in [5, 5.41) is 9.14. The van der Waals surface area contributed by atoms with E-state index in [4.69, 9.17) is 5.73 Å². The van der Waals surface area contributed by atoms with E-state index in [0.717, 1.165) is 11.1 Å². The molecule has 4 aromatic rings. The van der Waals surface area contributed by atoms with Gasteiger partial charge in [-0.15, -0.1) is 5.11 Å². The van der Waals surface area contributed by atoms with Crippen LogP contribution in [-0.2, 0) is 10.1 Å². The van der Waals surface area contributed by atoms with Crippen molar-refractivity contribution in [1.29, 1.82) is 0 Å². The Kier molecular flexibility index (Phi) is 6.93. The Hall–Kier alpha value is -2.55. The number of rotatable bonds is 4. The van der Waals surface area contributed by atoms with E-state index in [1.165, 1.54) is 11.6 Å². The summed E-state index contributed by atoms with van der Waals surface area (Å²) in [7, 11) is -4.45. The first-order valence-electron chi connectivity index (χ1n) is 9.20. The molecule has 31 heavy (non-hydrogen) atoms. The van der Waals surface area contributed by atoms with E-state index in [1.807, 2.05) is 31.2 Å². The summed E-state index contributed by atoms with van der Waals surface area (Å²) in [6.07, 6.45) is 0. The molecule has 0 aliphatic carbocycles. The van der Waals surface area contributed by atoms with Crippen LogP contribution in [0.1, 0.15) is 5.56 Å². The minimum absolute atomic E-state index is 0. The van der Waals surface area contributed by atoms with Crippen LogP contribution in [0.15, 0.2) is 94.0 Å². The summed E-state index contributed by atoms with van der Waals surface area (Å²) < 4.78 is 33.2. The number of nitrogens with two attached hydrogens (primary N) is 1. The average Bonchev–Trinajstić information content (AvgIpc) is 2.73. The molecule has 0 heterocycles. The van der Waals surface area contributed by atoms with Crippen molar-refractivity contribution in [1.82, 2.24) is 0 Å². The second kappa shape index (κ2) is 9.30. The summed E-state index contributed by atoms with van der Waals surface area (Å²) in [6, 6.07) is 23.6. The van der Waals surface area contributed by atoms with E-state index in [0.29, 0.717) is 16.5 Å². The van der Waals surface area contributed by atoms with E-state index in [1.54, 1.807) is 24.3 Å². The standard InChI is InChI=1S/C23H19N3O3S.Na.H/c1-15-6-8-16(9-7-15)17-10-12-18(13-11-17)25-26-21-14-22(30(27,28)29)19-4-2-3-5-20(19)23(21)24;;/h2-14H,24H2,1H3,(H,27,28,29);;. The molecule has 4 rings (SSSR count). The summed E-state index contributed by atoms with van der Waals surface area (Å²) in [5.41, 5.74) is 10.6. The van der Waals surface area contributed by atoms with Crippen LogP contribution >= 0.6 is 0 Å². The third kappa shape index (κ3) is 5.03. The van der Waals surface area contributed by atoms with Crippen molar-refractivity contribution >= 4 is 67.5 Å². The van der Waals surface area contributed by atoms with Gasteiger partial charge in [0.15, 0.2) is 0 Å². The normalized spacial score (nSPS) is 11.5. The number of hydrogen-bond donors (Lipinski definition) is 2. The molecule has 0 amide bonds. The zero-order chi connectivity index (χ0) is 21.3. The molecule has 0 saturated heterocycles. The molecule has 0 spiro atoms. The molecule has 8 heteroatoms. The summed E-state index contributed by atoms with van der Waals surface area (Å²) in [6.45, 7) is 2.04. The van der Waals surface area contributed by atoms with Gasteiger partial charge in [0, 0.05) is 10.8 Å². The molecule has 0 aliphatic heterocycles. The zero-order valence-corrected chi connectivity index (χ0v) is 17.0. The molecular weight excluding hydrogens is 421 g/mol. The number of aryl methyl sites for hydroxylation is 1. The van der Waals surface area contributed by atoms with Crippen LogP contribution in [0.25, 0.3) is 21.9 Å². The van der Waals surface area contributed by atoms with E-state index in [-0.39, 0.29) is 45.8 Å². The predicted molar refractivity (Wildman–Crippen MR) is 126 cm³/mol. The van der Waals surface area contributed by atoms with Crippen molar-refractivity contribution in [2.75, 3.05) is 5.73 Å². The molecule has 0 bridgehead atoms. The van der Waals surface area contributed by atoms with Gasteiger partial charge in [-0.05, 0) is 36.2 Å². The van der Waals surface area contributed by atoms with Crippen LogP contribution in [0.4, 0.5) is 17.1 Å². The summed E-state index contributed by atoms with van der Waals surface area (Å²) in [5.74, 6) is 0. The number of fused-ring (bicyclic) bond motifs is 1. The number of nitrogens with zero attached hydrogens (tertiary/aromatic N) is 2. The van der Waals surface area contributed by atoms with Crippen LogP contribution in [0.3, 0.4) is 0 Å². The fourth-order valence-electron chi connectivity index (χ4n) is 3.22. The third-order valence-corrected chi connectivity index (χ3v) is 5.72. The Balaban J connectivity index is 0.00000272. The molecule has 152 valence electrons. The molecule has 0 fully saturated rings. The predicted octanol–water partition coefficient (Wildman–Crippen LogP) is 5.41. The number of azo groups is 1. The fourth-order valence-corrected chi connectivity index (χ4v) is 3.94. The minimum atomic E-state index is -4.45. The maximum atomic E-state index is 11.8. The number of nitrogen functional groups attached to an aromatic ring is 1. The third-order valence-electron chi connectivity index (χ3n) is 4.83. The monoisotopic (exact) mass is 441 g/mol. The van der Waals surface area contributed by atoms with Gasteiger partial charge >= 0.3 is 29.6 Å². The van der Waals surface area contributed by atoms with Gasteiger partial charge in [-0.3, -0.25) is 4.55 Å². The van der Waals surface area contributed by atoms with Gasteiger partial charge in [0.05, 0.1) is 11.4 Å².